The average molecular weight is 730 g/mol. The zero-order valence-corrected chi connectivity index (χ0v) is 34.3. The highest BCUT2D eigenvalue weighted by Gasteiger charge is 2.27. The van der Waals surface area contributed by atoms with Crippen molar-refractivity contribution in [3.05, 3.63) is 35.9 Å². The van der Waals surface area contributed by atoms with Gasteiger partial charge >= 0.3 is 11.9 Å². The maximum atomic E-state index is 13.7. The van der Waals surface area contributed by atoms with Crippen molar-refractivity contribution in [2.45, 2.75) is 194 Å². The maximum Gasteiger partial charge on any atom is 0.308 e. The first kappa shape index (κ1) is 47.6. The minimum Gasteiger partial charge on any atom is -0.464 e. The summed E-state index contributed by atoms with van der Waals surface area (Å²) in [6.45, 7) is 9.59. The van der Waals surface area contributed by atoms with Crippen molar-refractivity contribution in [2.24, 2.45) is 11.8 Å². The molecule has 7 nitrogen and oxygen atoms in total. The van der Waals surface area contributed by atoms with Gasteiger partial charge in [0.1, 0.15) is 13.2 Å². The Morgan fingerprint density at radius 1 is 0.538 bits per heavy atom. The number of amides is 1. The van der Waals surface area contributed by atoms with Crippen LogP contribution in [0.4, 0.5) is 0 Å². The van der Waals surface area contributed by atoms with Crippen LogP contribution in [0.5, 0.6) is 0 Å². The van der Waals surface area contributed by atoms with Crippen molar-refractivity contribution in [3.63, 3.8) is 0 Å². The molecule has 1 rings (SSSR count). The summed E-state index contributed by atoms with van der Waals surface area (Å²) in [5.41, 5.74) is 5.25. The van der Waals surface area contributed by atoms with Crippen molar-refractivity contribution in [2.75, 3.05) is 26.3 Å². The summed E-state index contributed by atoms with van der Waals surface area (Å²) >= 11 is 0. The van der Waals surface area contributed by atoms with E-state index in [1.807, 2.05) is 30.3 Å². The van der Waals surface area contributed by atoms with E-state index in [1.54, 1.807) is 4.90 Å². The van der Waals surface area contributed by atoms with Crippen molar-refractivity contribution in [3.8, 4) is 0 Å². The van der Waals surface area contributed by atoms with Gasteiger partial charge in [-0.1, -0.05) is 186 Å². The van der Waals surface area contributed by atoms with Gasteiger partial charge in [-0.2, -0.15) is 0 Å². The lowest BCUT2D eigenvalue weighted by atomic mass is 9.95. The standard InChI is InChI=1S/C45H80N2O5/c1-5-9-13-15-17-19-21-26-32-40(30-11-7-3)44(49)51-36-34-47(43(48)42(46)38-39-28-24-23-25-29-39)35-37-52-45(50)41(31-12-8-4)33-27-22-20-18-16-14-10-6-2/h23-25,28-29,40-42H,5-22,26-27,30-38,46H2,1-4H3/p+1. The molecule has 0 radical (unpaired) electrons. The van der Waals surface area contributed by atoms with Crippen LogP contribution in [0.3, 0.4) is 0 Å². The molecule has 7 heteroatoms. The van der Waals surface area contributed by atoms with Crippen LogP contribution in [0.25, 0.3) is 0 Å². The molecule has 0 saturated heterocycles. The van der Waals surface area contributed by atoms with Crippen molar-refractivity contribution >= 4 is 17.8 Å². The number of hydrogen-bond donors (Lipinski definition) is 1. The average Bonchev–Trinajstić information content (AvgIpc) is 3.15. The number of ether oxygens (including phenoxy) is 2. The van der Waals surface area contributed by atoms with E-state index in [9.17, 15) is 14.4 Å². The fourth-order valence-corrected chi connectivity index (χ4v) is 7.04. The zero-order chi connectivity index (χ0) is 38.1. The van der Waals surface area contributed by atoms with Crippen molar-refractivity contribution < 1.29 is 29.6 Å². The molecule has 0 aromatic heterocycles. The minimum atomic E-state index is -0.493. The summed E-state index contributed by atoms with van der Waals surface area (Å²) in [6.07, 6.45) is 27.9. The molecule has 300 valence electrons. The number of carbonyl (C=O) groups is 3. The van der Waals surface area contributed by atoms with E-state index in [1.165, 1.54) is 77.0 Å². The molecule has 0 bridgehead atoms. The summed E-state index contributed by atoms with van der Waals surface area (Å²) in [5.74, 6) is -0.593. The molecule has 0 spiro atoms. The molecule has 3 unspecified atom stereocenters. The Kier molecular flexibility index (Phi) is 30.4. The molecule has 0 aliphatic heterocycles. The number of nitrogens with zero attached hydrogens (tertiary/aromatic N) is 1. The smallest absolute Gasteiger partial charge is 0.308 e. The Morgan fingerprint density at radius 3 is 1.31 bits per heavy atom. The zero-order valence-electron chi connectivity index (χ0n) is 34.3. The second-order valence-electron chi connectivity index (χ2n) is 15.3. The van der Waals surface area contributed by atoms with Crippen molar-refractivity contribution in [1.29, 1.82) is 0 Å². The lowest BCUT2D eigenvalue weighted by molar-refractivity contribution is -0.405. The molecule has 0 aliphatic carbocycles. The molecule has 0 fully saturated rings. The number of carbonyl (C=O) groups excluding carboxylic acids is 3. The minimum absolute atomic E-state index is 0.0927. The van der Waals surface area contributed by atoms with Crippen LogP contribution < -0.4 is 5.73 Å². The van der Waals surface area contributed by atoms with E-state index in [2.05, 4.69) is 33.4 Å². The molecule has 3 atom stereocenters. The Bertz CT molecular complexity index is 953. The number of hydrogen-bond acceptors (Lipinski definition) is 5. The largest absolute Gasteiger partial charge is 0.464 e. The molecule has 1 amide bonds. The van der Waals surface area contributed by atoms with Gasteiger partial charge in [0.05, 0.1) is 24.9 Å². The number of esters is 2. The third-order valence-corrected chi connectivity index (χ3v) is 10.5. The molecule has 0 heterocycles. The highest BCUT2D eigenvalue weighted by atomic mass is 16.5. The predicted molar refractivity (Wildman–Crippen MR) is 216 cm³/mol. The summed E-state index contributed by atoms with van der Waals surface area (Å²) in [7, 11) is 0. The number of benzene rings is 1. The topological polar surface area (TPSA) is 101 Å². The third-order valence-electron chi connectivity index (χ3n) is 10.5. The van der Waals surface area contributed by atoms with E-state index in [-0.39, 0.29) is 56.0 Å². The Hall–Kier alpha value is -2.41. The summed E-state index contributed by atoms with van der Waals surface area (Å²) < 4.78 is 11.7. The van der Waals surface area contributed by atoms with E-state index in [4.69, 9.17) is 9.47 Å². The SMILES string of the molecule is CCCCCCCCCCC(CCCC)C(=O)OCCN(CCOC(=O)C(CCCC)CCCCCCCCCC)C(=O)C([NH3+])Cc1ccccc1. The van der Waals surface area contributed by atoms with Gasteiger partial charge in [0.15, 0.2) is 6.04 Å². The first-order chi connectivity index (χ1) is 25.4. The molecule has 1 aromatic carbocycles. The van der Waals surface area contributed by atoms with E-state index in [0.717, 1.165) is 82.6 Å². The second-order valence-corrected chi connectivity index (χ2v) is 15.3. The predicted octanol–water partition coefficient (Wildman–Crippen LogP) is 10.4. The fourth-order valence-electron chi connectivity index (χ4n) is 7.04. The summed E-state index contributed by atoms with van der Waals surface area (Å²) in [6, 6.07) is 9.41. The molecule has 52 heavy (non-hydrogen) atoms. The second kappa shape index (κ2) is 33.2. The van der Waals surface area contributed by atoms with Crippen LogP contribution >= 0.6 is 0 Å². The lowest BCUT2D eigenvalue weighted by Crippen LogP contribution is -2.69. The van der Waals surface area contributed by atoms with Gasteiger partial charge in [0.2, 0.25) is 0 Å². The van der Waals surface area contributed by atoms with Crippen LogP contribution in [0.15, 0.2) is 30.3 Å². The quantitative estimate of drug-likeness (QED) is 0.0554. The third kappa shape index (κ3) is 24.0. The van der Waals surface area contributed by atoms with Gasteiger partial charge in [-0.25, -0.2) is 0 Å². The lowest BCUT2D eigenvalue weighted by Gasteiger charge is -2.25. The van der Waals surface area contributed by atoms with Gasteiger partial charge < -0.3 is 20.1 Å². The Morgan fingerprint density at radius 2 is 0.904 bits per heavy atom. The van der Waals surface area contributed by atoms with E-state index in [0.29, 0.717) is 6.42 Å². The molecular formula is C45H81N2O5+. The molecule has 0 aliphatic rings. The van der Waals surface area contributed by atoms with Gasteiger partial charge in [-0.05, 0) is 31.2 Å². The first-order valence-corrected chi connectivity index (χ1v) is 21.9. The van der Waals surface area contributed by atoms with Gasteiger partial charge in [0.25, 0.3) is 5.91 Å². The maximum absolute atomic E-state index is 13.7. The molecular weight excluding hydrogens is 649 g/mol. The van der Waals surface area contributed by atoms with Crippen LogP contribution in [-0.2, 0) is 30.3 Å². The van der Waals surface area contributed by atoms with E-state index < -0.39 is 6.04 Å². The van der Waals surface area contributed by atoms with E-state index >= 15 is 0 Å². The highest BCUT2D eigenvalue weighted by Crippen LogP contribution is 2.21. The van der Waals surface area contributed by atoms with Gasteiger partial charge in [-0.15, -0.1) is 0 Å². The first-order valence-electron chi connectivity index (χ1n) is 21.9. The van der Waals surface area contributed by atoms with Crippen LogP contribution in [0.1, 0.15) is 187 Å². The summed E-state index contributed by atoms with van der Waals surface area (Å²) in [4.78, 5) is 41.9. The monoisotopic (exact) mass is 730 g/mol. The van der Waals surface area contributed by atoms with Crippen LogP contribution in [-0.4, -0.2) is 55.1 Å². The molecule has 1 aromatic rings. The van der Waals surface area contributed by atoms with Gasteiger partial charge in [-0.3, -0.25) is 14.4 Å². The fraction of sp³-hybridized carbons (Fsp3) is 0.800. The summed E-state index contributed by atoms with van der Waals surface area (Å²) in [5, 5.41) is 0. The number of rotatable bonds is 35. The Labute approximate surface area is 319 Å². The van der Waals surface area contributed by atoms with Crippen LogP contribution in [0, 0.1) is 11.8 Å². The number of unbranched alkanes of at least 4 members (excludes halogenated alkanes) is 16. The van der Waals surface area contributed by atoms with Crippen LogP contribution in [0.2, 0.25) is 0 Å². The molecule has 0 saturated carbocycles. The highest BCUT2D eigenvalue weighted by molar-refractivity contribution is 5.81. The van der Waals surface area contributed by atoms with Crippen molar-refractivity contribution in [1.82, 2.24) is 4.90 Å². The molecule has 3 N–H and O–H groups in total. The normalized spacial score (nSPS) is 13.0. The Balaban J connectivity index is 2.74. The van der Waals surface area contributed by atoms with Gasteiger partial charge in [0, 0.05) is 6.42 Å². The number of quaternary nitrogens is 1.